The van der Waals surface area contributed by atoms with E-state index in [1.54, 1.807) is 6.08 Å². The minimum atomic E-state index is -0.275. The Hall–Kier alpha value is -0.890. The first-order chi connectivity index (χ1) is 4.81. The van der Waals surface area contributed by atoms with Gasteiger partial charge in [-0.2, -0.15) is 0 Å². The first-order valence-corrected chi connectivity index (χ1v) is 3.33. The lowest BCUT2D eigenvalue weighted by Gasteiger charge is -2.02. The quantitative estimate of drug-likeness (QED) is 0.534. The third-order valence-electron chi connectivity index (χ3n) is 1.92. The van der Waals surface area contributed by atoms with E-state index < -0.39 is 0 Å². The fraction of sp³-hybridized carbons (Fsp3) is 0.375. The molecule has 2 heteroatoms. The summed E-state index contributed by atoms with van der Waals surface area (Å²) in [5, 5.41) is 0. The zero-order chi connectivity index (χ0) is 7.14. The second-order valence-corrected chi connectivity index (χ2v) is 2.60. The summed E-state index contributed by atoms with van der Waals surface area (Å²) in [5.74, 6) is 0.197. The highest BCUT2D eigenvalue weighted by molar-refractivity contribution is 5.90. The molecule has 2 atom stereocenters. The van der Waals surface area contributed by atoms with Gasteiger partial charge in [-0.05, 0) is 11.6 Å². The van der Waals surface area contributed by atoms with E-state index >= 15 is 0 Å². The molecule has 0 aromatic heterocycles. The Kier molecular flexibility index (Phi) is 1.05. The van der Waals surface area contributed by atoms with Gasteiger partial charge in [-0.25, -0.2) is 0 Å². The van der Waals surface area contributed by atoms with Crippen molar-refractivity contribution >= 4 is 5.78 Å². The Morgan fingerprint density at radius 3 is 3.00 bits per heavy atom. The van der Waals surface area contributed by atoms with Crippen molar-refractivity contribution in [3.63, 3.8) is 0 Å². The molecule has 0 aliphatic carbocycles. The second-order valence-electron chi connectivity index (χ2n) is 2.60. The summed E-state index contributed by atoms with van der Waals surface area (Å²) in [5.41, 5.74) is 0.946. The van der Waals surface area contributed by atoms with Crippen LogP contribution in [0, 0.1) is 0 Å². The van der Waals surface area contributed by atoms with Crippen LogP contribution in [0.3, 0.4) is 0 Å². The van der Waals surface area contributed by atoms with Gasteiger partial charge in [0, 0.05) is 6.42 Å². The number of ether oxygens (including phenoxy) is 1. The molecule has 52 valence electrons. The van der Waals surface area contributed by atoms with Crippen molar-refractivity contribution < 1.29 is 9.53 Å². The lowest BCUT2D eigenvalue weighted by atomic mass is 9.99. The van der Waals surface area contributed by atoms with Crippen molar-refractivity contribution in [3.8, 4) is 0 Å². The lowest BCUT2D eigenvalue weighted by Crippen LogP contribution is -2.15. The van der Waals surface area contributed by atoms with Crippen LogP contribution < -0.4 is 0 Å². The summed E-state index contributed by atoms with van der Waals surface area (Å²) in [4.78, 5) is 11.0. The molecule has 2 heterocycles. The molecule has 1 fully saturated rings. The molecule has 2 rings (SSSR count). The van der Waals surface area contributed by atoms with Crippen LogP contribution in [0.1, 0.15) is 6.42 Å². The summed E-state index contributed by atoms with van der Waals surface area (Å²) >= 11 is 0. The fourth-order valence-electron chi connectivity index (χ4n) is 1.44. The Bertz CT molecular complexity index is 227. The molecule has 0 spiro atoms. The topological polar surface area (TPSA) is 26.3 Å². The summed E-state index contributed by atoms with van der Waals surface area (Å²) in [6.07, 6.45) is 4.00. The number of rotatable bonds is 1. The highest BCUT2D eigenvalue weighted by Crippen LogP contribution is 2.31. The zero-order valence-electron chi connectivity index (χ0n) is 5.54. The van der Waals surface area contributed by atoms with E-state index in [1.165, 1.54) is 0 Å². The highest BCUT2D eigenvalue weighted by atomic mass is 16.5. The molecule has 0 amide bonds. The summed E-state index contributed by atoms with van der Waals surface area (Å²) in [6.45, 7) is 3.60. The molecule has 0 saturated carbocycles. The third kappa shape index (κ3) is 0.596. The Balaban J connectivity index is 2.35. The van der Waals surface area contributed by atoms with Crippen LogP contribution in [-0.2, 0) is 9.53 Å². The molecule has 0 N–H and O–H groups in total. The molecule has 2 aliphatic heterocycles. The van der Waals surface area contributed by atoms with Gasteiger partial charge >= 0.3 is 0 Å². The molecule has 2 aliphatic rings. The van der Waals surface area contributed by atoms with E-state index in [0.29, 0.717) is 6.42 Å². The minimum absolute atomic E-state index is 0.0468. The van der Waals surface area contributed by atoms with Crippen LogP contribution in [0.25, 0.3) is 0 Å². The van der Waals surface area contributed by atoms with E-state index in [0.717, 1.165) is 5.57 Å². The number of carbonyl (C=O) groups is 1. The average Bonchev–Trinajstić information content (AvgIpc) is 2.44. The smallest absolute Gasteiger partial charge is 0.169 e. The zero-order valence-corrected chi connectivity index (χ0v) is 5.54. The average molecular weight is 136 g/mol. The number of hydrogen-bond acceptors (Lipinski definition) is 2. The van der Waals surface area contributed by atoms with Crippen molar-refractivity contribution in [2.24, 2.45) is 0 Å². The molecule has 0 aromatic rings. The molecule has 1 saturated heterocycles. The van der Waals surface area contributed by atoms with Gasteiger partial charge in [0.1, 0.15) is 6.10 Å². The summed E-state index contributed by atoms with van der Waals surface area (Å²) < 4.78 is 5.27. The van der Waals surface area contributed by atoms with Crippen LogP contribution in [0.4, 0.5) is 0 Å². The standard InChI is InChI=1S/C8H8O2/c1-2-5-3-6-4-7(9)8(5)10-6/h2-3,6,8H,1,4H2. The number of carbonyl (C=O) groups excluding carboxylic acids is 1. The lowest BCUT2D eigenvalue weighted by molar-refractivity contribution is -0.120. The summed E-state index contributed by atoms with van der Waals surface area (Å²) in [7, 11) is 0. The van der Waals surface area contributed by atoms with Crippen LogP contribution in [0.2, 0.25) is 0 Å². The normalized spacial score (nSPS) is 36.4. The Morgan fingerprint density at radius 1 is 1.80 bits per heavy atom. The van der Waals surface area contributed by atoms with Gasteiger partial charge in [0.15, 0.2) is 5.78 Å². The predicted molar refractivity (Wildman–Crippen MR) is 36.6 cm³/mol. The minimum Gasteiger partial charge on any atom is -0.358 e. The van der Waals surface area contributed by atoms with E-state index in [2.05, 4.69) is 6.58 Å². The maximum Gasteiger partial charge on any atom is 0.169 e. The maximum atomic E-state index is 11.0. The van der Waals surface area contributed by atoms with Crippen molar-refractivity contribution in [2.75, 3.05) is 0 Å². The van der Waals surface area contributed by atoms with E-state index in [1.807, 2.05) is 6.08 Å². The first kappa shape index (κ1) is 5.86. The number of ketones is 1. The van der Waals surface area contributed by atoms with Gasteiger partial charge in [-0.15, -0.1) is 0 Å². The van der Waals surface area contributed by atoms with E-state index in [4.69, 9.17) is 4.74 Å². The van der Waals surface area contributed by atoms with E-state index in [-0.39, 0.29) is 18.0 Å². The van der Waals surface area contributed by atoms with Crippen molar-refractivity contribution in [3.05, 3.63) is 24.3 Å². The number of Topliss-reactive ketones (excluding diaryl/α,β-unsaturated/α-hetero) is 1. The first-order valence-electron chi connectivity index (χ1n) is 3.33. The Labute approximate surface area is 59.2 Å². The molecule has 2 bridgehead atoms. The second kappa shape index (κ2) is 1.80. The van der Waals surface area contributed by atoms with Gasteiger partial charge in [-0.3, -0.25) is 4.79 Å². The van der Waals surface area contributed by atoms with Gasteiger partial charge in [0.25, 0.3) is 0 Å². The van der Waals surface area contributed by atoms with Crippen LogP contribution >= 0.6 is 0 Å². The highest BCUT2D eigenvalue weighted by Gasteiger charge is 2.39. The summed E-state index contributed by atoms with van der Waals surface area (Å²) in [6, 6.07) is 0. The molecular weight excluding hydrogens is 128 g/mol. The van der Waals surface area contributed by atoms with Crippen molar-refractivity contribution in [2.45, 2.75) is 18.6 Å². The molecule has 0 radical (unpaired) electrons. The maximum absolute atomic E-state index is 11.0. The molecule has 2 unspecified atom stereocenters. The number of hydrogen-bond donors (Lipinski definition) is 0. The van der Waals surface area contributed by atoms with Crippen molar-refractivity contribution in [1.29, 1.82) is 0 Å². The molecule has 10 heavy (non-hydrogen) atoms. The van der Waals surface area contributed by atoms with Crippen LogP contribution in [0.15, 0.2) is 24.3 Å². The molecule has 2 nitrogen and oxygen atoms in total. The third-order valence-corrected chi connectivity index (χ3v) is 1.92. The largest absolute Gasteiger partial charge is 0.358 e. The number of fused-ring (bicyclic) bond motifs is 2. The Morgan fingerprint density at radius 2 is 2.60 bits per heavy atom. The predicted octanol–water partition coefficient (Wildman–Crippen LogP) is 0.839. The van der Waals surface area contributed by atoms with Gasteiger partial charge in [0.05, 0.1) is 6.10 Å². The van der Waals surface area contributed by atoms with Gasteiger partial charge < -0.3 is 4.74 Å². The SMILES string of the molecule is C=CC1=CC2CC(=O)C1O2. The van der Waals surface area contributed by atoms with Gasteiger partial charge in [-0.1, -0.05) is 12.7 Å². The van der Waals surface area contributed by atoms with Crippen LogP contribution in [-0.4, -0.2) is 18.0 Å². The molecular formula is C8H8O2. The molecule has 0 aromatic carbocycles. The van der Waals surface area contributed by atoms with Gasteiger partial charge in [0.2, 0.25) is 0 Å². The van der Waals surface area contributed by atoms with Crippen molar-refractivity contribution in [1.82, 2.24) is 0 Å². The van der Waals surface area contributed by atoms with E-state index in [9.17, 15) is 4.79 Å². The van der Waals surface area contributed by atoms with Crippen LogP contribution in [0.5, 0.6) is 0 Å². The monoisotopic (exact) mass is 136 g/mol. The fourth-order valence-corrected chi connectivity index (χ4v) is 1.44.